The number of aromatic nitrogens is 2. The Morgan fingerprint density at radius 1 is 1.37 bits per heavy atom. The molecule has 0 aliphatic rings. The highest BCUT2D eigenvalue weighted by molar-refractivity contribution is 5.74. The molecule has 0 saturated heterocycles. The van der Waals surface area contributed by atoms with Gasteiger partial charge < -0.3 is 0 Å². The van der Waals surface area contributed by atoms with Gasteiger partial charge in [-0.2, -0.15) is 5.10 Å². The normalized spacial score (nSPS) is 10.4. The van der Waals surface area contributed by atoms with Crippen LogP contribution in [0.25, 0.3) is 5.69 Å². The minimum atomic E-state index is -0.116. The Bertz CT molecular complexity index is 522. The monoisotopic (exact) mass is 259 g/mol. The molecular weight excluding hydrogens is 242 g/mol. The number of amides is 1. The molecule has 5 heteroatoms. The van der Waals surface area contributed by atoms with Crippen molar-refractivity contribution in [3.63, 3.8) is 0 Å². The van der Waals surface area contributed by atoms with Crippen LogP contribution in [0, 0.1) is 0 Å². The number of para-hydroxylation sites is 1. The van der Waals surface area contributed by atoms with E-state index < -0.39 is 0 Å². The molecule has 1 amide bonds. The van der Waals surface area contributed by atoms with Crippen molar-refractivity contribution >= 4 is 5.91 Å². The Hall–Kier alpha value is -2.14. The van der Waals surface area contributed by atoms with Gasteiger partial charge in [0.25, 0.3) is 0 Å². The zero-order valence-corrected chi connectivity index (χ0v) is 10.9. The van der Waals surface area contributed by atoms with Gasteiger partial charge in [-0.05, 0) is 31.0 Å². The Morgan fingerprint density at radius 2 is 2.16 bits per heavy atom. The van der Waals surface area contributed by atoms with Crippen molar-refractivity contribution in [2.45, 2.75) is 19.8 Å². The van der Waals surface area contributed by atoms with Crippen LogP contribution in [0.5, 0.6) is 0 Å². The maximum atomic E-state index is 11.4. The van der Waals surface area contributed by atoms with Crippen molar-refractivity contribution < 1.29 is 9.63 Å². The molecule has 5 nitrogen and oxygen atoms in total. The maximum absolute atomic E-state index is 11.4. The molecule has 0 bridgehead atoms. The fourth-order valence-electron chi connectivity index (χ4n) is 1.67. The molecule has 2 rings (SSSR count). The number of aryl methyl sites for hydroxylation is 1. The Morgan fingerprint density at radius 3 is 2.89 bits per heavy atom. The SMILES string of the molecule is CCONC(=O)CCc1cnn(-c2ccccc2)c1. The molecule has 1 aromatic carbocycles. The molecule has 1 heterocycles. The summed E-state index contributed by atoms with van der Waals surface area (Å²) in [6.45, 7) is 2.29. The molecule has 0 atom stereocenters. The average molecular weight is 259 g/mol. The Labute approximate surface area is 112 Å². The lowest BCUT2D eigenvalue weighted by atomic mass is 10.2. The van der Waals surface area contributed by atoms with E-state index in [4.69, 9.17) is 4.84 Å². The maximum Gasteiger partial charge on any atom is 0.243 e. The van der Waals surface area contributed by atoms with E-state index in [1.54, 1.807) is 10.9 Å². The number of hydrogen-bond donors (Lipinski definition) is 1. The average Bonchev–Trinajstić information content (AvgIpc) is 2.93. The van der Waals surface area contributed by atoms with Crippen LogP contribution in [0.1, 0.15) is 18.9 Å². The van der Waals surface area contributed by atoms with Gasteiger partial charge in [0.2, 0.25) is 5.91 Å². The van der Waals surface area contributed by atoms with Crippen molar-refractivity contribution in [2.24, 2.45) is 0 Å². The molecular formula is C14H17N3O2. The summed E-state index contributed by atoms with van der Waals surface area (Å²) in [4.78, 5) is 16.2. The van der Waals surface area contributed by atoms with Crippen LogP contribution in [-0.2, 0) is 16.1 Å². The number of nitrogens with one attached hydrogen (secondary N) is 1. The van der Waals surface area contributed by atoms with Gasteiger partial charge >= 0.3 is 0 Å². The lowest BCUT2D eigenvalue weighted by Crippen LogP contribution is -2.23. The van der Waals surface area contributed by atoms with Gasteiger partial charge in [-0.25, -0.2) is 10.2 Å². The number of rotatable bonds is 6. The fraction of sp³-hybridized carbons (Fsp3) is 0.286. The van der Waals surface area contributed by atoms with Gasteiger partial charge in [-0.1, -0.05) is 18.2 Å². The largest absolute Gasteiger partial charge is 0.274 e. The number of hydrogen-bond acceptors (Lipinski definition) is 3. The lowest BCUT2D eigenvalue weighted by molar-refractivity contribution is -0.133. The minimum Gasteiger partial charge on any atom is -0.274 e. The first-order valence-corrected chi connectivity index (χ1v) is 6.29. The van der Waals surface area contributed by atoms with Gasteiger partial charge in [0.05, 0.1) is 18.5 Å². The van der Waals surface area contributed by atoms with Crippen molar-refractivity contribution in [2.75, 3.05) is 6.61 Å². The predicted molar refractivity (Wildman–Crippen MR) is 71.7 cm³/mol. The van der Waals surface area contributed by atoms with Crippen LogP contribution < -0.4 is 5.48 Å². The van der Waals surface area contributed by atoms with E-state index in [0.29, 0.717) is 19.4 Å². The summed E-state index contributed by atoms with van der Waals surface area (Å²) in [6, 6.07) is 9.86. The second-order valence-electron chi connectivity index (χ2n) is 4.09. The number of nitrogens with zero attached hydrogens (tertiary/aromatic N) is 2. The van der Waals surface area contributed by atoms with Crippen LogP contribution in [0.4, 0.5) is 0 Å². The van der Waals surface area contributed by atoms with E-state index >= 15 is 0 Å². The van der Waals surface area contributed by atoms with E-state index in [1.807, 2.05) is 43.5 Å². The molecule has 1 aromatic heterocycles. The molecule has 1 N–H and O–H groups in total. The summed E-state index contributed by atoms with van der Waals surface area (Å²) in [5.41, 5.74) is 4.41. The third kappa shape index (κ3) is 3.93. The van der Waals surface area contributed by atoms with Crippen LogP contribution in [0.2, 0.25) is 0 Å². The molecule has 0 aliphatic carbocycles. The summed E-state index contributed by atoms with van der Waals surface area (Å²) in [6.07, 6.45) is 4.75. The van der Waals surface area contributed by atoms with E-state index in [-0.39, 0.29) is 5.91 Å². The predicted octanol–water partition coefficient (Wildman–Crippen LogP) is 1.87. The molecule has 0 aliphatic heterocycles. The molecule has 0 saturated carbocycles. The first-order valence-electron chi connectivity index (χ1n) is 6.29. The van der Waals surface area contributed by atoms with Crippen molar-refractivity contribution in [3.05, 3.63) is 48.3 Å². The molecule has 2 aromatic rings. The van der Waals surface area contributed by atoms with Gasteiger partial charge in [-0.3, -0.25) is 9.63 Å². The van der Waals surface area contributed by atoms with Crippen molar-refractivity contribution in [1.82, 2.24) is 15.3 Å². The quantitative estimate of drug-likeness (QED) is 0.806. The van der Waals surface area contributed by atoms with E-state index in [1.165, 1.54) is 0 Å². The summed E-state index contributed by atoms with van der Waals surface area (Å²) < 4.78 is 1.80. The van der Waals surface area contributed by atoms with Gasteiger partial charge in [0.1, 0.15) is 0 Å². The number of carbonyl (C=O) groups is 1. The van der Waals surface area contributed by atoms with Crippen LogP contribution in [-0.4, -0.2) is 22.3 Å². The standard InChI is InChI=1S/C14H17N3O2/c1-2-19-16-14(18)9-8-12-10-15-17(11-12)13-6-4-3-5-7-13/h3-7,10-11H,2,8-9H2,1H3,(H,16,18). The number of carbonyl (C=O) groups excluding carboxylic acids is 1. The van der Waals surface area contributed by atoms with Gasteiger partial charge in [0, 0.05) is 12.6 Å². The zero-order chi connectivity index (χ0) is 13.5. The third-order valence-corrected chi connectivity index (χ3v) is 2.63. The van der Waals surface area contributed by atoms with Gasteiger partial charge in [0.15, 0.2) is 0 Å². The number of benzene rings is 1. The third-order valence-electron chi connectivity index (χ3n) is 2.63. The summed E-state index contributed by atoms with van der Waals surface area (Å²) in [5.74, 6) is -0.116. The topological polar surface area (TPSA) is 56.1 Å². The lowest BCUT2D eigenvalue weighted by Gasteiger charge is -2.02. The molecule has 0 unspecified atom stereocenters. The Balaban J connectivity index is 1.90. The highest BCUT2D eigenvalue weighted by atomic mass is 16.6. The zero-order valence-electron chi connectivity index (χ0n) is 10.9. The summed E-state index contributed by atoms with van der Waals surface area (Å²) >= 11 is 0. The first kappa shape index (κ1) is 13.3. The highest BCUT2D eigenvalue weighted by Gasteiger charge is 2.04. The summed E-state index contributed by atoms with van der Waals surface area (Å²) in [5, 5.41) is 4.28. The molecule has 19 heavy (non-hydrogen) atoms. The van der Waals surface area contributed by atoms with Crippen molar-refractivity contribution in [3.8, 4) is 5.69 Å². The summed E-state index contributed by atoms with van der Waals surface area (Å²) in [7, 11) is 0. The van der Waals surface area contributed by atoms with Crippen LogP contribution in [0.15, 0.2) is 42.7 Å². The minimum absolute atomic E-state index is 0.116. The van der Waals surface area contributed by atoms with E-state index in [0.717, 1.165) is 11.3 Å². The molecule has 0 fully saturated rings. The second kappa shape index (κ2) is 6.70. The van der Waals surface area contributed by atoms with E-state index in [2.05, 4.69) is 10.6 Å². The molecule has 0 spiro atoms. The van der Waals surface area contributed by atoms with Crippen LogP contribution >= 0.6 is 0 Å². The number of hydroxylamine groups is 1. The highest BCUT2D eigenvalue weighted by Crippen LogP contribution is 2.08. The smallest absolute Gasteiger partial charge is 0.243 e. The van der Waals surface area contributed by atoms with Gasteiger partial charge in [-0.15, -0.1) is 0 Å². The molecule has 100 valence electrons. The van der Waals surface area contributed by atoms with Crippen LogP contribution in [0.3, 0.4) is 0 Å². The fourth-order valence-corrected chi connectivity index (χ4v) is 1.67. The van der Waals surface area contributed by atoms with E-state index in [9.17, 15) is 4.79 Å². The Kier molecular flexibility index (Phi) is 4.69. The molecule has 0 radical (unpaired) electrons. The van der Waals surface area contributed by atoms with Crippen molar-refractivity contribution in [1.29, 1.82) is 0 Å². The second-order valence-corrected chi connectivity index (χ2v) is 4.09. The first-order chi connectivity index (χ1) is 9.29.